The molecule has 0 aliphatic carbocycles. The number of hydrogen-bond donors (Lipinski definition) is 0. The van der Waals surface area contributed by atoms with Crippen molar-refractivity contribution in [1.29, 1.82) is 0 Å². The van der Waals surface area contributed by atoms with Crippen molar-refractivity contribution in [3.05, 3.63) is 66.5 Å². The summed E-state index contributed by atoms with van der Waals surface area (Å²) in [6.07, 6.45) is 12.5. The van der Waals surface area contributed by atoms with Crippen LogP contribution in [0, 0.1) is 0 Å². The van der Waals surface area contributed by atoms with Gasteiger partial charge in [-0.3, -0.25) is 0 Å². The fraction of sp³-hybridized carbons (Fsp3) is 0.500. The minimum atomic E-state index is 0.675. The van der Waals surface area contributed by atoms with E-state index in [4.69, 9.17) is 14.5 Å². The van der Waals surface area contributed by atoms with Crippen molar-refractivity contribution in [2.75, 3.05) is 33.4 Å². The minimum Gasteiger partial charge on any atom is -0.493 e. The maximum atomic E-state index is 6.06. The van der Waals surface area contributed by atoms with E-state index < -0.39 is 0 Å². The van der Waals surface area contributed by atoms with Gasteiger partial charge >= 0.3 is 0 Å². The second kappa shape index (κ2) is 13.3. The first kappa shape index (κ1) is 25.3. The number of para-hydroxylation sites is 2. The summed E-state index contributed by atoms with van der Waals surface area (Å²) < 4.78 is 14.0. The molecular formula is C30H41N3O2. The summed E-state index contributed by atoms with van der Waals surface area (Å²) in [5, 5.41) is 0. The van der Waals surface area contributed by atoms with Crippen LogP contribution in [0.3, 0.4) is 0 Å². The van der Waals surface area contributed by atoms with Gasteiger partial charge in [-0.2, -0.15) is 0 Å². The van der Waals surface area contributed by atoms with Crippen molar-refractivity contribution < 1.29 is 9.47 Å². The number of rotatable bonds is 13. The molecule has 0 amide bonds. The van der Waals surface area contributed by atoms with Crippen LogP contribution in [0.25, 0.3) is 11.0 Å². The molecule has 0 N–H and O–H groups in total. The van der Waals surface area contributed by atoms with Crippen molar-refractivity contribution in [3.63, 3.8) is 0 Å². The summed E-state index contributed by atoms with van der Waals surface area (Å²) in [5.74, 6) is 2.82. The highest BCUT2D eigenvalue weighted by Gasteiger charge is 2.13. The molecule has 1 aliphatic heterocycles. The summed E-state index contributed by atoms with van der Waals surface area (Å²) in [5.41, 5.74) is 3.54. The van der Waals surface area contributed by atoms with Crippen LogP contribution in [0.2, 0.25) is 0 Å². The van der Waals surface area contributed by atoms with E-state index in [1.54, 1.807) is 7.11 Å². The first-order chi connectivity index (χ1) is 17.3. The zero-order chi connectivity index (χ0) is 24.3. The number of imidazole rings is 1. The van der Waals surface area contributed by atoms with Gasteiger partial charge in [0.2, 0.25) is 0 Å². The Morgan fingerprint density at radius 3 is 2.57 bits per heavy atom. The van der Waals surface area contributed by atoms with Crippen molar-refractivity contribution in [1.82, 2.24) is 14.5 Å². The van der Waals surface area contributed by atoms with Crippen LogP contribution in [-0.4, -0.2) is 47.8 Å². The highest BCUT2D eigenvalue weighted by molar-refractivity contribution is 5.75. The van der Waals surface area contributed by atoms with Crippen LogP contribution in [0.1, 0.15) is 56.3 Å². The first-order valence-corrected chi connectivity index (χ1v) is 13.4. The zero-order valence-corrected chi connectivity index (χ0v) is 21.4. The molecule has 1 saturated heterocycles. The molecule has 2 heterocycles. The predicted molar refractivity (Wildman–Crippen MR) is 145 cm³/mol. The maximum absolute atomic E-state index is 6.06. The molecule has 1 aliphatic rings. The fourth-order valence-electron chi connectivity index (χ4n) is 5.07. The third-order valence-corrected chi connectivity index (χ3v) is 6.95. The lowest BCUT2D eigenvalue weighted by Crippen LogP contribution is -2.26. The molecule has 2 aromatic carbocycles. The number of methoxy groups -OCH3 is 1. The number of allylic oxidation sites excluding steroid dienone is 1. The Kier molecular flexibility index (Phi) is 9.64. The van der Waals surface area contributed by atoms with Gasteiger partial charge in [0, 0.05) is 13.0 Å². The number of benzene rings is 2. The Morgan fingerprint density at radius 2 is 1.77 bits per heavy atom. The van der Waals surface area contributed by atoms with Gasteiger partial charge in [0.25, 0.3) is 0 Å². The lowest BCUT2D eigenvalue weighted by Gasteiger charge is -2.19. The van der Waals surface area contributed by atoms with E-state index in [1.165, 1.54) is 68.6 Å². The molecule has 188 valence electrons. The van der Waals surface area contributed by atoms with Gasteiger partial charge in [-0.15, -0.1) is 6.58 Å². The Hall–Kier alpha value is -2.79. The summed E-state index contributed by atoms with van der Waals surface area (Å²) in [6, 6.07) is 14.7. The molecule has 3 aromatic rings. The number of nitrogens with zero attached hydrogens (tertiary/aromatic N) is 3. The molecule has 0 saturated carbocycles. The molecule has 4 rings (SSSR count). The van der Waals surface area contributed by atoms with Crippen LogP contribution < -0.4 is 9.47 Å². The number of ether oxygens (including phenoxy) is 2. The van der Waals surface area contributed by atoms with Gasteiger partial charge in [0.1, 0.15) is 5.82 Å². The number of likely N-dealkylation sites (tertiary alicyclic amines) is 1. The number of unbranched alkanes of at least 4 members (excludes halogenated alkanes) is 1. The fourth-order valence-corrected chi connectivity index (χ4v) is 5.07. The molecule has 0 spiro atoms. The van der Waals surface area contributed by atoms with Gasteiger partial charge in [0.05, 0.1) is 24.8 Å². The molecule has 0 atom stereocenters. The van der Waals surface area contributed by atoms with Crippen LogP contribution >= 0.6 is 0 Å². The van der Waals surface area contributed by atoms with Crippen LogP contribution in [0.4, 0.5) is 0 Å². The Morgan fingerprint density at radius 1 is 0.943 bits per heavy atom. The average Bonchev–Trinajstić information content (AvgIpc) is 3.03. The van der Waals surface area contributed by atoms with Gasteiger partial charge in [-0.25, -0.2) is 4.98 Å². The van der Waals surface area contributed by atoms with E-state index in [0.29, 0.717) is 6.61 Å². The third-order valence-electron chi connectivity index (χ3n) is 6.95. The highest BCUT2D eigenvalue weighted by Crippen LogP contribution is 2.28. The van der Waals surface area contributed by atoms with Crippen LogP contribution in [-0.2, 0) is 19.4 Å². The lowest BCUT2D eigenvalue weighted by molar-refractivity contribution is 0.279. The standard InChI is InChI=1S/C30H41N3O2/c1-3-13-25-17-18-28(29(24-25)34-2)35-23-11-10-22-33-27-15-7-6-14-26(27)31-30(33)16-12-21-32-19-8-4-5-9-20-32/h3,6-7,14-15,17-18,24H,1,4-5,8-13,16,19-23H2,2H3. The van der Waals surface area contributed by atoms with Gasteiger partial charge in [-0.1, -0.05) is 37.1 Å². The van der Waals surface area contributed by atoms with Crippen LogP contribution in [0.5, 0.6) is 11.5 Å². The average molecular weight is 476 g/mol. The summed E-state index contributed by atoms with van der Waals surface area (Å²) in [7, 11) is 1.69. The van der Waals surface area contributed by atoms with E-state index in [0.717, 1.165) is 49.2 Å². The topological polar surface area (TPSA) is 39.5 Å². The Balaban J connectivity index is 1.30. The second-order valence-corrected chi connectivity index (χ2v) is 9.56. The van der Waals surface area contributed by atoms with Crippen molar-refractivity contribution in [2.45, 2.75) is 64.3 Å². The van der Waals surface area contributed by atoms with Crippen molar-refractivity contribution in [3.8, 4) is 11.5 Å². The predicted octanol–water partition coefficient (Wildman–Crippen LogP) is 6.44. The second-order valence-electron chi connectivity index (χ2n) is 9.56. The van der Waals surface area contributed by atoms with E-state index in [-0.39, 0.29) is 0 Å². The smallest absolute Gasteiger partial charge is 0.161 e. The third kappa shape index (κ3) is 7.11. The molecular weight excluding hydrogens is 434 g/mol. The lowest BCUT2D eigenvalue weighted by atomic mass is 10.1. The Bertz CT molecular complexity index is 1070. The number of hydrogen-bond acceptors (Lipinski definition) is 4. The molecule has 1 fully saturated rings. The van der Waals surface area contributed by atoms with E-state index in [2.05, 4.69) is 46.4 Å². The summed E-state index contributed by atoms with van der Waals surface area (Å²) >= 11 is 0. The number of aromatic nitrogens is 2. The zero-order valence-electron chi connectivity index (χ0n) is 21.4. The first-order valence-electron chi connectivity index (χ1n) is 13.4. The molecule has 5 heteroatoms. The van der Waals surface area contributed by atoms with Gasteiger partial charge < -0.3 is 18.9 Å². The highest BCUT2D eigenvalue weighted by atomic mass is 16.5. The molecule has 1 aromatic heterocycles. The van der Waals surface area contributed by atoms with E-state index in [1.807, 2.05) is 18.2 Å². The molecule has 35 heavy (non-hydrogen) atoms. The van der Waals surface area contributed by atoms with E-state index in [9.17, 15) is 0 Å². The quantitative estimate of drug-likeness (QED) is 0.211. The van der Waals surface area contributed by atoms with Crippen molar-refractivity contribution in [2.24, 2.45) is 0 Å². The normalized spacial score (nSPS) is 14.7. The SMILES string of the molecule is C=CCc1ccc(OCCCCn2c(CCCN3CCCCCC3)nc3ccccc32)c(OC)c1. The van der Waals surface area contributed by atoms with Gasteiger partial charge in [0.15, 0.2) is 11.5 Å². The summed E-state index contributed by atoms with van der Waals surface area (Å²) in [4.78, 5) is 7.64. The molecule has 0 radical (unpaired) electrons. The maximum Gasteiger partial charge on any atom is 0.161 e. The minimum absolute atomic E-state index is 0.675. The van der Waals surface area contributed by atoms with Crippen LogP contribution in [0.15, 0.2) is 55.1 Å². The molecule has 5 nitrogen and oxygen atoms in total. The largest absolute Gasteiger partial charge is 0.493 e. The molecule has 0 unspecified atom stereocenters. The molecule has 0 bridgehead atoms. The number of fused-ring (bicyclic) bond motifs is 1. The summed E-state index contributed by atoms with van der Waals surface area (Å²) in [6.45, 7) is 9.16. The van der Waals surface area contributed by atoms with Gasteiger partial charge in [-0.05, 0) is 88.0 Å². The number of aryl methyl sites for hydroxylation is 2. The Labute approximate surface area is 210 Å². The monoisotopic (exact) mass is 475 g/mol. The van der Waals surface area contributed by atoms with Crippen molar-refractivity contribution >= 4 is 11.0 Å². The van der Waals surface area contributed by atoms with E-state index >= 15 is 0 Å².